The molecule has 0 bridgehead atoms. The molecule has 0 aliphatic rings. The number of amides is 1. The molecular formula is C15H16N2O2. The van der Waals surface area contributed by atoms with E-state index in [0.717, 1.165) is 11.1 Å². The molecule has 1 amide bonds. The fourth-order valence-electron chi connectivity index (χ4n) is 1.64. The van der Waals surface area contributed by atoms with Gasteiger partial charge in [0.1, 0.15) is 6.61 Å². The number of carbonyl (C=O) groups is 1. The molecule has 2 rings (SSSR count). The second-order valence-corrected chi connectivity index (χ2v) is 4.11. The summed E-state index contributed by atoms with van der Waals surface area (Å²) in [6.45, 7) is 0.622. The number of ether oxygens (including phenoxy) is 1. The van der Waals surface area contributed by atoms with Crippen LogP contribution in [0.2, 0.25) is 0 Å². The highest BCUT2D eigenvalue weighted by Crippen LogP contribution is 2.09. The van der Waals surface area contributed by atoms with Crippen LogP contribution in [0, 0.1) is 0 Å². The molecule has 0 aliphatic carbocycles. The van der Waals surface area contributed by atoms with E-state index in [4.69, 9.17) is 10.5 Å². The molecule has 0 heterocycles. The van der Waals surface area contributed by atoms with Gasteiger partial charge in [0, 0.05) is 12.2 Å². The normalized spacial score (nSPS) is 9.89. The van der Waals surface area contributed by atoms with Gasteiger partial charge in [-0.25, -0.2) is 4.79 Å². The van der Waals surface area contributed by atoms with Gasteiger partial charge in [-0.3, -0.25) is 0 Å². The molecule has 4 nitrogen and oxygen atoms in total. The van der Waals surface area contributed by atoms with Gasteiger partial charge < -0.3 is 15.8 Å². The molecular weight excluding hydrogens is 240 g/mol. The van der Waals surface area contributed by atoms with E-state index < -0.39 is 6.09 Å². The zero-order chi connectivity index (χ0) is 13.5. The Labute approximate surface area is 112 Å². The van der Waals surface area contributed by atoms with Crippen molar-refractivity contribution in [3.8, 4) is 0 Å². The number of para-hydroxylation sites is 1. The molecule has 4 heteroatoms. The average Bonchev–Trinajstić information content (AvgIpc) is 2.45. The number of hydrogen-bond donors (Lipinski definition) is 2. The first-order chi connectivity index (χ1) is 9.25. The first kappa shape index (κ1) is 13.0. The number of carbonyl (C=O) groups excluding carboxylic acids is 1. The van der Waals surface area contributed by atoms with E-state index in [-0.39, 0.29) is 6.61 Å². The zero-order valence-corrected chi connectivity index (χ0v) is 10.5. The summed E-state index contributed by atoms with van der Waals surface area (Å²) in [5.74, 6) is 0. The Morgan fingerprint density at radius 3 is 2.47 bits per heavy atom. The van der Waals surface area contributed by atoms with Crippen LogP contribution in [0.4, 0.5) is 10.5 Å². The zero-order valence-electron chi connectivity index (χ0n) is 10.5. The Kier molecular flexibility index (Phi) is 4.39. The van der Waals surface area contributed by atoms with Crippen LogP contribution in [0.5, 0.6) is 0 Å². The molecule has 3 N–H and O–H groups in total. The quantitative estimate of drug-likeness (QED) is 0.827. The second kappa shape index (κ2) is 6.44. The number of alkyl carbamates (subject to hydrolysis) is 1. The molecule has 2 aromatic carbocycles. The van der Waals surface area contributed by atoms with E-state index in [1.807, 2.05) is 48.5 Å². The summed E-state index contributed by atoms with van der Waals surface area (Å²) in [4.78, 5) is 11.5. The van der Waals surface area contributed by atoms with Crippen LogP contribution in [-0.4, -0.2) is 6.09 Å². The Morgan fingerprint density at radius 2 is 1.74 bits per heavy atom. The van der Waals surface area contributed by atoms with E-state index >= 15 is 0 Å². The smallest absolute Gasteiger partial charge is 0.407 e. The van der Waals surface area contributed by atoms with Crippen molar-refractivity contribution < 1.29 is 9.53 Å². The number of nitrogens with two attached hydrogens (primary N) is 1. The fraction of sp³-hybridized carbons (Fsp3) is 0.133. The van der Waals surface area contributed by atoms with Crippen molar-refractivity contribution in [3.63, 3.8) is 0 Å². The maximum atomic E-state index is 11.5. The van der Waals surface area contributed by atoms with Crippen molar-refractivity contribution in [3.05, 3.63) is 65.7 Å². The maximum Gasteiger partial charge on any atom is 0.407 e. The van der Waals surface area contributed by atoms with Gasteiger partial charge in [0.2, 0.25) is 0 Å². The van der Waals surface area contributed by atoms with E-state index in [9.17, 15) is 4.79 Å². The molecule has 0 aliphatic heterocycles. The van der Waals surface area contributed by atoms with Gasteiger partial charge in [0.15, 0.2) is 0 Å². The van der Waals surface area contributed by atoms with Crippen molar-refractivity contribution in [1.82, 2.24) is 5.32 Å². The molecule has 0 atom stereocenters. The van der Waals surface area contributed by atoms with E-state index in [1.165, 1.54) is 0 Å². The predicted molar refractivity (Wildman–Crippen MR) is 74.3 cm³/mol. The maximum absolute atomic E-state index is 11.5. The topological polar surface area (TPSA) is 64.3 Å². The van der Waals surface area contributed by atoms with E-state index in [1.54, 1.807) is 6.07 Å². The molecule has 19 heavy (non-hydrogen) atoms. The molecule has 0 radical (unpaired) electrons. The summed E-state index contributed by atoms with van der Waals surface area (Å²) < 4.78 is 5.10. The van der Waals surface area contributed by atoms with Crippen molar-refractivity contribution >= 4 is 11.8 Å². The Morgan fingerprint density at radius 1 is 1.05 bits per heavy atom. The molecule has 2 aromatic rings. The summed E-state index contributed by atoms with van der Waals surface area (Å²) in [6, 6.07) is 16.9. The minimum atomic E-state index is -0.452. The molecule has 0 spiro atoms. The number of rotatable bonds is 4. The molecule has 0 aromatic heterocycles. The van der Waals surface area contributed by atoms with Crippen LogP contribution >= 0.6 is 0 Å². The van der Waals surface area contributed by atoms with Gasteiger partial charge >= 0.3 is 6.09 Å². The van der Waals surface area contributed by atoms with Crippen LogP contribution in [0.3, 0.4) is 0 Å². The first-order valence-electron chi connectivity index (χ1n) is 6.03. The van der Waals surface area contributed by atoms with Gasteiger partial charge in [0.05, 0.1) is 0 Å². The molecule has 98 valence electrons. The van der Waals surface area contributed by atoms with E-state index in [0.29, 0.717) is 12.2 Å². The average molecular weight is 256 g/mol. The van der Waals surface area contributed by atoms with Crippen LogP contribution < -0.4 is 11.1 Å². The molecule has 0 saturated carbocycles. The summed E-state index contributed by atoms with van der Waals surface area (Å²) in [5.41, 5.74) is 8.27. The number of anilines is 1. The van der Waals surface area contributed by atoms with Crippen molar-refractivity contribution in [2.45, 2.75) is 13.2 Å². The number of benzene rings is 2. The Bertz CT molecular complexity index is 541. The third-order valence-electron chi connectivity index (χ3n) is 2.69. The third kappa shape index (κ3) is 4.03. The Hall–Kier alpha value is -2.49. The third-order valence-corrected chi connectivity index (χ3v) is 2.69. The van der Waals surface area contributed by atoms with Gasteiger partial charge in [-0.15, -0.1) is 0 Å². The largest absolute Gasteiger partial charge is 0.445 e. The molecule has 0 fully saturated rings. The standard InChI is InChI=1S/C15H16N2O2/c16-14-9-5-4-8-13(14)10-17-15(18)19-11-12-6-2-1-3-7-12/h1-9H,10-11,16H2,(H,17,18). The van der Waals surface area contributed by atoms with Crippen LogP contribution in [0.1, 0.15) is 11.1 Å². The summed E-state index contributed by atoms with van der Waals surface area (Å²) in [7, 11) is 0. The summed E-state index contributed by atoms with van der Waals surface area (Å²) >= 11 is 0. The predicted octanol–water partition coefficient (Wildman–Crippen LogP) is 2.70. The fourth-order valence-corrected chi connectivity index (χ4v) is 1.64. The van der Waals surface area contributed by atoms with Gasteiger partial charge in [-0.2, -0.15) is 0 Å². The highest BCUT2D eigenvalue weighted by molar-refractivity contribution is 5.67. The van der Waals surface area contributed by atoms with Gasteiger partial charge in [0.25, 0.3) is 0 Å². The minimum Gasteiger partial charge on any atom is -0.445 e. The Balaban J connectivity index is 1.78. The van der Waals surface area contributed by atoms with Crippen LogP contribution in [0.25, 0.3) is 0 Å². The lowest BCUT2D eigenvalue weighted by molar-refractivity contribution is 0.139. The first-order valence-corrected chi connectivity index (χ1v) is 6.03. The van der Waals surface area contributed by atoms with Crippen molar-refractivity contribution in [2.75, 3.05) is 5.73 Å². The monoisotopic (exact) mass is 256 g/mol. The SMILES string of the molecule is Nc1ccccc1CNC(=O)OCc1ccccc1. The number of nitrogen functional groups attached to an aromatic ring is 1. The minimum absolute atomic E-state index is 0.261. The van der Waals surface area contributed by atoms with Crippen LogP contribution in [0.15, 0.2) is 54.6 Å². The highest BCUT2D eigenvalue weighted by atomic mass is 16.5. The lowest BCUT2D eigenvalue weighted by Gasteiger charge is -2.08. The van der Waals surface area contributed by atoms with Crippen molar-refractivity contribution in [2.24, 2.45) is 0 Å². The summed E-state index contributed by atoms with van der Waals surface area (Å²) in [5, 5.41) is 2.67. The number of nitrogens with one attached hydrogen (secondary N) is 1. The van der Waals surface area contributed by atoms with Gasteiger partial charge in [-0.1, -0.05) is 48.5 Å². The van der Waals surface area contributed by atoms with Gasteiger partial charge in [-0.05, 0) is 17.2 Å². The van der Waals surface area contributed by atoms with E-state index in [2.05, 4.69) is 5.32 Å². The second-order valence-electron chi connectivity index (χ2n) is 4.11. The molecule has 0 unspecified atom stereocenters. The van der Waals surface area contributed by atoms with Crippen LogP contribution in [-0.2, 0) is 17.9 Å². The van der Waals surface area contributed by atoms with Crippen molar-refractivity contribution in [1.29, 1.82) is 0 Å². The lowest BCUT2D eigenvalue weighted by Crippen LogP contribution is -2.24. The number of hydrogen-bond acceptors (Lipinski definition) is 3. The highest BCUT2D eigenvalue weighted by Gasteiger charge is 2.04. The lowest BCUT2D eigenvalue weighted by atomic mass is 10.2. The summed E-state index contributed by atoms with van der Waals surface area (Å²) in [6.07, 6.45) is -0.452. The molecule has 0 saturated heterocycles.